The van der Waals surface area contributed by atoms with Gasteiger partial charge in [-0.25, -0.2) is 13.6 Å². The fraction of sp³-hybridized carbons (Fsp3) is 0.125. The molecule has 0 aliphatic carbocycles. The number of primary sulfonamides is 1. The lowest BCUT2D eigenvalue weighted by Crippen LogP contribution is -2.12. The van der Waals surface area contributed by atoms with Crippen LogP contribution in [0.4, 0.5) is 0 Å². The van der Waals surface area contributed by atoms with Gasteiger partial charge in [0.1, 0.15) is 5.75 Å². The number of benzene rings is 1. The Morgan fingerprint density at radius 3 is 2.43 bits per heavy atom. The Balaban J connectivity index is 3.42. The number of phenols is 1. The molecule has 0 atom stereocenters. The molecular formula is C8H9NO4S. The predicted octanol–water partition coefficient (Wildman–Crippen LogP) is 0.242. The molecule has 14 heavy (non-hydrogen) atoms. The molecule has 0 aliphatic rings. The standard InChI is InChI=1S/C8H9NO4S/c1-5(10)7-4-6(14(9,12)13)2-3-8(7)11/h2-4,11H,1H3,(H2,9,12,13). The van der Waals surface area contributed by atoms with Crippen LogP contribution >= 0.6 is 0 Å². The average molecular weight is 215 g/mol. The lowest BCUT2D eigenvalue weighted by atomic mass is 10.1. The van der Waals surface area contributed by atoms with Gasteiger partial charge in [0.25, 0.3) is 0 Å². The Morgan fingerprint density at radius 2 is 2.00 bits per heavy atom. The summed E-state index contributed by atoms with van der Waals surface area (Å²) in [5.74, 6) is -0.682. The molecule has 0 spiro atoms. The number of nitrogens with two attached hydrogens (primary N) is 1. The number of sulfonamides is 1. The van der Waals surface area contributed by atoms with E-state index in [-0.39, 0.29) is 16.2 Å². The average Bonchev–Trinajstić information content (AvgIpc) is 2.02. The molecule has 1 aromatic carbocycles. The van der Waals surface area contributed by atoms with E-state index in [2.05, 4.69) is 0 Å². The number of hydrogen-bond acceptors (Lipinski definition) is 4. The zero-order chi connectivity index (χ0) is 10.9. The number of carbonyl (C=O) groups excluding carboxylic acids is 1. The van der Waals surface area contributed by atoms with Gasteiger partial charge < -0.3 is 5.11 Å². The van der Waals surface area contributed by atoms with Gasteiger partial charge in [0, 0.05) is 0 Å². The smallest absolute Gasteiger partial charge is 0.238 e. The van der Waals surface area contributed by atoms with E-state index >= 15 is 0 Å². The van der Waals surface area contributed by atoms with Crippen LogP contribution in [0.25, 0.3) is 0 Å². The van der Waals surface area contributed by atoms with Crippen LogP contribution in [0.5, 0.6) is 5.75 Å². The van der Waals surface area contributed by atoms with Gasteiger partial charge in [-0.3, -0.25) is 4.79 Å². The van der Waals surface area contributed by atoms with Crippen LogP contribution in [0.3, 0.4) is 0 Å². The topological polar surface area (TPSA) is 97.5 Å². The van der Waals surface area contributed by atoms with Crippen LogP contribution in [0.2, 0.25) is 0 Å². The predicted molar refractivity (Wildman–Crippen MR) is 49.5 cm³/mol. The van der Waals surface area contributed by atoms with Gasteiger partial charge in [-0.1, -0.05) is 0 Å². The van der Waals surface area contributed by atoms with Crippen LogP contribution in [0.15, 0.2) is 23.1 Å². The van der Waals surface area contributed by atoms with Crippen LogP contribution < -0.4 is 5.14 Å². The molecule has 0 aromatic heterocycles. The molecular weight excluding hydrogens is 206 g/mol. The molecule has 0 bridgehead atoms. The molecule has 0 aliphatic heterocycles. The molecule has 0 heterocycles. The summed E-state index contributed by atoms with van der Waals surface area (Å²) >= 11 is 0. The first kappa shape index (κ1) is 10.7. The fourth-order valence-electron chi connectivity index (χ4n) is 0.974. The lowest BCUT2D eigenvalue weighted by molar-refractivity contribution is 0.101. The van der Waals surface area contributed by atoms with Crippen molar-refractivity contribution in [3.05, 3.63) is 23.8 Å². The van der Waals surface area contributed by atoms with Crippen LogP contribution in [-0.2, 0) is 10.0 Å². The van der Waals surface area contributed by atoms with Crippen molar-refractivity contribution in [3.63, 3.8) is 0 Å². The van der Waals surface area contributed by atoms with Gasteiger partial charge in [-0.2, -0.15) is 0 Å². The van der Waals surface area contributed by atoms with Gasteiger partial charge in [0.15, 0.2) is 5.78 Å². The van der Waals surface area contributed by atoms with E-state index in [1.165, 1.54) is 6.92 Å². The number of carbonyl (C=O) groups is 1. The van der Waals surface area contributed by atoms with Crippen molar-refractivity contribution in [1.82, 2.24) is 0 Å². The van der Waals surface area contributed by atoms with Gasteiger partial charge in [0.2, 0.25) is 10.0 Å². The highest BCUT2D eigenvalue weighted by Gasteiger charge is 2.13. The Hall–Kier alpha value is -1.40. The number of aromatic hydroxyl groups is 1. The van der Waals surface area contributed by atoms with Crippen molar-refractivity contribution in [2.75, 3.05) is 0 Å². The third kappa shape index (κ3) is 2.09. The minimum atomic E-state index is -3.84. The number of rotatable bonds is 2. The first-order valence-corrected chi connectivity index (χ1v) is 5.24. The van der Waals surface area contributed by atoms with Crippen LogP contribution in [0, 0.1) is 0 Å². The summed E-state index contributed by atoms with van der Waals surface area (Å²) in [6.07, 6.45) is 0. The first-order valence-electron chi connectivity index (χ1n) is 3.69. The molecule has 0 fully saturated rings. The largest absolute Gasteiger partial charge is 0.507 e. The van der Waals surface area contributed by atoms with E-state index in [1.807, 2.05) is 0 Å². The highest BCUT2D eigenvalue weighted by Crippen LogP contribution is 2.20. The molecule has 0 unspecified atom stereocenters. The molecule has 3 N–H and O–H groups in total. The van der Waals surface area contributed by atoms with Crippen LogP contribution in [0.1, 0.15) is 17.3 Å². The minimum Gasteiger partial charge on any atom is -0.507 e. The summed E-state index contributed by atoms with van der Waals surface area (Å²) < 4.78 is 21.8. The SMILES string of the molecule is CC(=O)c1cc(S(N)(=O)=O)ccc1O. The van der Waals surface area contributed by atoms with E-state index in [0.717, 1.165) is 18.2 Å². The zero-order valence-corrected chi connectivity index (χ0v) is 8.21. The molecule has 1 aromatic rings. The molecule has 0 saturated heterocycles. The van der Waals surface area contributed by atoms with Gasteiger partial charge in [0.05, 0.1) is 10.5 Å². The Morgan fingerprint density at radius 1 is 1.43 bits per heavy atom. The van der Waals surface area contributed by atoms with E-state index in [1.54, 1.807) is 0 Å². The van der Waals surface area contributed by atoms with Gasteiger partial charge in [-0.05, 0) is 25.1 Å². The van der Waals surface area contributed by atoms with Crippen molar-refractivity contribution in [2.45, 2.75) is 11.8 Å². The highest BCUT2D eigenvalue weighted by atomic mass is 32.2. The van der Waals surface area contributed by atoms with E-state index in [9.17, 15) is 18.3 Å². The molecule has 6 heteroatoms. The molecule has 0 saturated carbocycles. The second-order valence-corrected chi connectivity index (χ2v) is 4.34. The zero-order valence-electron chi connectivity index (χ0n) is 7.39. The molecule has 0 amide bonds. The molecule has 76 valence electrons. The summed E-state index contributed by atoms with van der Waals surface area (Å²) in [5.41, 5.74) is -0.0588. The van der Waals surface area contributed by atoms with Gasteiger partial charge in [-0.15, -0.1) is 0 Å². The van der Waals surface area contributed by atoms with E-state index in [4.69, 9.17) is 5.14 Å². The Labute approximate surface area is 81.2 Å². The van der Waals surface area contributed by atoms with Crippen molar-refractivity contribution in [1.29, 1.82) is 0 Å². The summed E-state index contributed by atoms with van der Waals surface area (Å²) in [6.45, 7) is 1.22. The van der Waals surface area contributed by atoms with Crippen molar-refractivity contribution in [3.8, 4) is 5.75 Å². The lowest BCUT2D eigenvalue weighted by Gasteiger charge is -2.02. The second-order valence-electron chi connectivity index (χ2n) is 2.78. The quantitative estimate of drug-likeness (QED) is 0.690. The summed E-state index contributed by atoms with van der Waals surface area (Å²) in [4.78, 5) is 10.8. The van der Waals surface area contributed by atoms with Crippen molar-refractivity contribution < 1.29 is 18.3 Å². The number of hydrogen-bond donors (Lipinski definition) is 2. The van der Waals surface area contributed by atoms with E-state index < -0.39 is 15.8 Å². The number of ketones is 1. The third-order valence-corrected chi connectivity index (χ3v) is 2.59. The Bertz CT molecular complexity index is 478. The summed E-state index contributed by atoms with van der Waals surface area (Å²) in [6, 6.07) is 3.31. The Kier molecular flexibility index (Phi) is 2.59. The maximum absolute atomic E-state index is 10.9. The normalized spacial score (nSPS) is 11.3. The van der Waals surface area contributed by atoms with Crippen molar-refractivity contribution in [2.24, 2.45) is 5.14 Å². The first-order chi connectivity index (χ1) is 6.32. The molecule has 1 rings (SSSR count). The van der Waals surface area contributed by atoms with Crippen molar-refractivity contribution >= 4 is 15.8 Å². The minimum absolute atomic E-state index is 0.0588. The van der Waals surface area contributed by atoms with E-state index in [0.29, 0.717) is 0 Å². The maximum atomic E-state index is 10.9. The molecule has 0 radical (unpaired) electrons. The summed E-state index contributed by atoms with van der Waals surface area (Å²) in [7, 11) is -3.84. The molecule has 5 nitrogen and oxygen atoms in total. The summed E-state index contributed by atoms with van der Waals surface area (Å²) in [5, 5.41) is 14.1. The highest BCUT2D eigenvalue weighted by molar-refractivity contribution is 7.89. The monoisotopic (exact) mass is 215 g/mol. The third-order valence-electron chi connectivity index (χ3n) is 1.68. The maximum Gasteiger partial charge on any atom is 0.238 e. The number of phenolic OH excluding ortho intramolecular Hbond substituents is 1. The second kappa shape index (κ2) is 3.39. The fourth-order valence-corrected chi connectivity index (χ4v) is 1.51. The van der Waals surface area contributed by atoms with Gasteiger partial charge >= 0.3 is 0 Å². The van der Waals surface area contributed by atoms with Crippen LogP contribution in [-0.4, -0.2) is 19.3 Å². The number of Topliss-reactive ketones (excluding diaryl/α,β-unsaturated/α-hetero) is 1.